The van der Waals surface area contributed by atoms with Gasteiger partial charge in [-0.1, -0.05) is 12.1 Å². The van der Waals surface area contributed by atoms with Crippen LogP contribution in [0, 0.1) is 0 Å². The van der Waals surface area contributed by atoms with Crippen molar-refractivity contribution < 1.29 is 14.3 Å². The quantitative estimate of drug-likeness (QED) is 0.767. The molecule has 3 heterocycles. The van der Waals surface area contributed by atoms with Crippen LogP contribution in [0.2, 0.25) is 0 Å². The molecule has 2 fully saturated rings. The summed E-state index contributed by atoms with van der Waals surface area (Å²) in [6.45, 7) is 6.84. The van der Waals surface area contributed by atoms with E-state index in [0.29, 0.717) is 45.2 Å². The maximum absolute atomic E-state index is 12.9. The molecule has 2 saturated heterocycles. The first-order valence-electron chi connectivity index (χ1n) is 10.4. The number of fused-ring (bicyclic) bond motifs is 1. The van der Waals surface area contributed by atoms with Gasteiger partial charge < -0.3 is 14.5 Å². The van der Waals surface area contributed by atoms with Crippen molar-refractivity contribution in [3.63, 3.8) is 0 Å². The molecule has 0 radical (unpaired) electrons. The van der Waals surface area contributed by atoms with Crippen LogP contribution in [0.25, 0.3) is 10.2 Å². The molecular weight excluding hydrogens is 388 g/mol. The highest BCUT2D eigenvalue weighted by Gasteiger charge is 2.29. The molecule has 4 rings (SSSR count). The zero-order valence-corrected chi connectivity index (χ0v) is 17.7. The van der Waals surface area contributed by atoms with Gasteiger partial charge in [0, 0.05) is 45.2 Å². The Hall–Kier alpha value is -2.19. The molecule has 7 nitrogen and oxygen atoms in total. The molecule has 0 saturated carbocycles. The van der Waals surface area contributed by atoms with E-state index < -0.39 is 0 Å². The normalized spacial score (nSPS) is 20.8. The van der Waals surface area contributed by atoms with Gasteiger partial charge in [-0.25, -0.2) is 9.78 Å². The van der Waals surface area contributed by atoms with E-state index in [9.17, 15) is 9.59 Å². The fraction of sp³-hybridized carbons (Fsp3) is 0.571. The molecule has 8 heteroatoms. The topological polar surface area (TPSA) is 66.0 Å². The van der Waals surface area contributed by atoms with E-state index in [1.165, 1.54) is 4.70 Å². The second-order valence-corrected chi connectivity index (χ2v) is 8.72. The van der Waals surface area contributed by atoms with Crippen molar-refractivity contribution in [2.75, 3.05) is 52.4 Å². The van der Waals surface area contributed by atoms with Crippen molar-refractivity contribution in [2.24, 2.45) is 0 Å². The lowest BCUT2D eigenvalue weighted by molar-refractivity contribution is -0.134. The summed E-state index contributed by atoms with van der Waals surface area (Å²) in [5, 5.41) is 1.15. The van der Waals surface area contributed by atoms with E-state index in [0.717, 1.165) is 36.5 Å². The highest BCUT2D eigenvalue weighted by molar-refractivity contribution is 7.18. The fourth-order valence-corrected chi connectivity index (χ4v) is 5.16. The number of nitrogens with zero attached hydrogens (tertiary/aromatic N) is 4. The Morgan fingerprint density at radius 3 is 2.69 bits per heavy atom. The van der Waals surface area contributed by atoms with E-state index in [1.54, 1.807) is 16.2 Å². The summed E-state index contributed by atoms with van der Waals surface area (Å²) in [4.78, 5) is 35.4. The number of benzene rings is 1. The molecule has 0 N–H and O–H groups in total. The van der Waals surface area contributed by atoms with E-state index in [2.05, 4.69) is 17.0 Å². The Bertz CT molecular complexity index is 829. The van der Waals surface area contributed by atoms with Crippen molar-refractivity contribution in [2.45, 2.75) is 25.7 Å². The van der Waals surface area contributed by atoms with Crippen LogP contribution in [-0.4, -0.2) is 84.1 Å². The van der Waals surface area contributed by atoms with Crippen molar-refractivity contribution in [3.05, 3.63) is 29.3 Å². The molecule has 2 amide bonds. The number of carbonyl (C=O) groups is 2. The molecule has 0 unspecified atom stereocenters. The smallest absolute Gasteiger partial charge is 0.409 e. The molecule has 156 valence electrons. The number of piperidine rings is 1. The molecular formula is C21H28N4O3S. The summed E-state index contributed by atoms with van der Waals surface area (Å²) < 4.78 is 6.27. The number of amides is 2. The third kappa shape index (κ3) is 4.70. The monoisotopic (exact) mass is 416 g/mol. The minimum absolute atomic E-state index is 0.181. The zero-order valence-electron chi connectivity index (χ0n) is 16.9. The van der Waals surface area contributed by atoms with Crippen molar-refractivity contribution in [1.82, 2.24) is 19.7 Å². The van der Waals surface area contributed by atoms with Crippen LogP contribution in [0.5, 0.6) is 0 Å². The molecule has 1 atom stereocenters. The number of hydrogen-bond acceptors (Lipinski definition) is 6. The lowest BCUT2D eigenvalue weighted by atomic mass is 9.98. The highest BCUT2D eigenvalue weighted by Crippen LogP contribution is 2.33. The number of aromatic nitrogens is 1. The number of hydrogen-bond donors (Lipinski definition) is 0. The highest BCUT2D eigenvalue weighted by atomic mass is 32.1. The van der Waals surface area contributed by atoms with Gasteiger partial charge in [-0.05, 0) is 31.9 Å². The van der Waals surface area contributed by atoms with Gasteiger partial charge in [-0.2, -0.15) is 0 Å². The van der Waals surface area contributed by atoms with Crippen molar-refractivity contribution in [3.8, 4) is 0 Å². The molecule has 2 aliphatic rings. The number of likely N-dealkylation sites (tertiary alicyclic amines) is 1. The Kier molecular flexibility index (Phi) is 6.30. The summed E-state index contributed by atoms with van der Waals surface area (Å²) in [7, 11) is 0. The van der Waals surface area contributed by atoms with Gasteiger partial charge in [0.05, 0.1) is 28.4 Å². The minimum atomic E-state index is -0.256. The number of ether oxygens (including phenoxy) is 1. The third-order valence-electron chi connectivity index (χ3n) is 5.69. The SMILES string of the molecule is CCOC(=O)N1CCN(CC(=O)N2CCC[C@H](c3nc4ccccc4s3)C2)CC1. The first kappa shape index (κ1) is 20.1. The standard InChI is InChI=1S/C21H28N4O3S/c1-2-28-21(27)24-12-10-23(11-13-24)15-19(26)25-9-5-6-16(14-25)20-22-17-7-3-4-8-18(17)29-20/h3-4,7-8,16H,2,5-6,9-15H2,1H3/t16-/m0/s1. The van der Waals surface area contributed by atoms with Gasteiger partial charge in [0.25, 0.3) is 0 Å². The lowest BCUT2D eigenvalue weighted by Gasteiger charge is -2.36. The van der Waals surface area contributed by atoms with Gasteiger partial charge in [-0.3, -0.25) is 9.69 Å². The van der Waals surface area contributed by atoms with Crippen LogP contribution < -0.4 is 0 Å². The summed E-state index contributed by atoms with van der Waals surface area (Å²) >= 11 is 1.75. The molecule has 29 heavy (non-hydrogen) atoms. The summed E-state index contributed by atoms with van der Waals surface area (Å²) in [5.74, 6) is 0.506. The molecule has 0 aliphatic carbocycles. The first-order chi connectivity index (χ1) is 14.1. The molecule has 1 aromatic carbocycles. The second kappa shape index (κ2) is 9.09. The largest absolute Gasteiger partial charge is 0.450 e. The summed E-state index contributed by atoms with van der Waals surface area (Å²) in [6, 6.07) is 8.22. The second-order valence-electron chi connectivity index (χ2n) is 7.66. The Morgan fingerprint density at radius 2 is 1.93 bits per heavy atom. The van der Waals surface area contributed by atoms with Crippen LogP contribution in [0.4, 0.5) is 4.79 Å². The van der Waals surface area contributed by atoms with Crippen LogP contribution in [0.3, 0.4) is 0 Å². The maximum Gasteiger partial charge on any atom is 0.409 e. The van der Waals surface area contributed by atoms with E-state index >= 15 is 0 Å². The van der Waals surface area contributed by atoms with Crippen LogP contribution in [0.15, 0.2) is 24.3 Å². The third-order valence-corrected chi connectivity index (χ3v) is 6.89. The Balaban J connectivity index is 1.30. The van der Waals surface area contributed by atoms with Crippen LogP contribution >= 0.6 is 11.3 Å². The van der Waals surface area contributed by atoms with E-state index in [4.69, 9.17) is 9.72 Å². The Labute approximate surface area is 175 Å². The van der Waals surface area contributed by atoms with E-state index in [-0.39, 0.29) is 12.0 Å². The molecule has 0 spiro atoms. The van der Waals surface area contributed by atoms with Crippen LogP contribution in [0.1, 0.15) is 30.7 Å². The average molecular weight is 417 g/mol. The zero-order chi connectivity index (χ0) is 20.2. The van der Waals surface area contributed by atoms with E-state index in [1.807, 2.05) is 24.0 Å². The maximum atomic E-state index is 12.9. The number of piperazine rings is 1. The fourth-order valence-electron chi connectivity index (χ4n) is 4.06. The average Bonchev–Trinajstić information content (AvgIpc) is 3.19. The molecule has 2 aliphatic heterocycles. The number of carbonyl (C=O) groups excluding carboxylic acids is 2. The number of para-hydroxylation sites is 1. The van der Waals surface area contributed by atoms with Crippen LogP contribution in [-0.2, 0) is 9.53 Å². The first-order valence-corrected chi connectivity index (χ1v) is 11.2. The van der Waals surface area contributed by atoms with Crippen molar-refractivity contribution in [1.29, 1.82) is 0 Å². The summed E-state index contributed by atoms with van der Waals surface area (Å²) in [6.07, 6.45) is 1.85. The Morgan fingerprint density at radius 1 is 1.14 bits per heavy atom. The predicted octanol–water partition coefficient (Wildman–Crippen LogP) is 2.78. The molecule has 2 aromatic rings. The predicted molar refractivity (Wildman–Crippen MR) is 113 cm³/mol. The summed E-state index contributed by atoms with van der Waals surface area (Å²) in [5.41, 5.74) is 1.05. The van der Waals surface area contributed by atoms with Gasteiger partial charge in [-0.15, -0.1) is 11.3 Å². The van der Waals surface area contributed by atoms with Gasteiger partial charge in [0.15, 0.2) is 0 Å². The van der Waals surface area contributed by atoms with Gasteiger partial charge in [0.1, 0.15) is 0 Å². The lowest BCUT2D eigenvalue weighted by Crippen LogP contribution is -2.52. The van der Waals surface area contributed by atoms with Crippen molar-refractivity contribution >= 4 is 33.6 Å². The van der Waals surface area contributed by atoms with Gasteiger partial charge >= 0.3 is 6.09 Å². The van der Waals surface area contributed by atoms with Gasteiger partial charge in [0.2, 0.25) is 5.91 Å². The number of rotatable bonds is 4. The molecule has 0 bridgehead atoms. The molecule has 1 aromatic heterocycles. The number of thiazole rings is 1. The minimum Gasteiger partial charge on any atom is -0.450 e.